The number of hydrogen-bond donors (Lipinski definition) is 0. The van der Waals surface area contributed by atoms with Crippen LogP contribution in [0.1, 0.15) is 31.1 Å². The van der Waals surface area contributed by atoms with Gasteiger partial charge in [0, 0.05) is 37.2 Å². The largest absolute Gasteiger partial charge is 0.339 e. The van der Waals surface area contributed by atoms with Gasteiger partial charge in [0.2, 0.25) is 5.91 Å². The maximum Gasteiger partial charge on any atom is 0.254 e. The van der Waals surface area contributed by atoms with Gasteiger partial charge in [0.05, 0.1) is 0 Å². The van der Waals surface area contributed by atoms with Gasteiger partial charge >= 0.3 is 0 Å². The van der Waals surface area contributed by atoms with Crippen LogP contribution in [0.4, 0.5) is 4.39 Å². The molecule has 0 aromatic heterocycles. The third kappa shape index (κ3) is 3.40. The van der Waals surface area contributed by atoms with E-state index in [4.69, 9.17) is 0 Å². The van der Waals surface area contributed by atoms with Gasteiger partial charge in [-0.25, -0.2) is 4.39 Å². The first-order valence-electron chi connectivity index (χ1n) is 7.25. The van der Waals surface area contributed by atoms with Gasteiger partial charge in [0.1, 0.15) is 5.82 Å². The Balaban J connectivity index is 2.07. The SMILES string of the molecule is CC(C)C(=O)N1CCN(C(=O)c2cccc(F)c2)C(C)C1. The van der Waals surface area contributed by atoms with Crippen LogP contribution < -0.4 is 0 Å². The topological polar surface area (TPSA) is 40.6 Å². The van der Waals surface area contributed by atoms with Gasteiger partial charge in [-0.05, 0) is 25.1 Å². The molecule has 0 bridgehead atoms. The third-order valence-electron chi connectivity index (χ3n) is 3.77. The molecule has 0 spiro atoms. The van der Waals surface area contributed by atoms with Crippen LogP contribution in [-0.4, -0.2) is 47.3 Å². The Morgan fingerprint density at radius 3 is 2.57 bits per heavy atom. The van der Waals surface area contributed by atoms with Crippen LogP contribution in [0.2, 0.25) is 0 Å². The van der Waals surface area contributed by atoms with Crippen molar-refractivity contribution in [3.05, 3.63) is 35.6 Å². The molecule has 2 rings (SSSR count). The lowest BCUT2D eigenvalue weighted by Gasteiger charge is -2.40. The van der Waals surface area contributed by atoms with Gasteiger partial charge in [-0.15, -0.1) is 0 Å². The summed E-state index contributed by atoms with van der Waals surface area (Å²) in [4.78, 5) is 27.9. The summed E-state index contributed by atoms with van der Waals surface area (Å²) in [5, 5.41) is 0. The lowest BCUT2D eigenvalue weighted by molar-refractivity contribution is -0.136. The fraction of sp³-hybridized carbons (Fsp3) is 0.500. The predicted molar refractivity (Wildman–Crippen MR) is 78.3 cm³/mol. The minimum Gasteiger partial charge on any atom is -0.339 e. The van der Waals surface area contributed by atoms with E-state index in [2.05, 4.69) is 0 Å². The number of carbonyl (C=O) groups is 2. The molecule has 21 heavy (non-hydrogen) atoms. The maximum absolute atomic E-state index is 13.2. The third-order valence-corrected chi connectivity index (χ3v) is 3.77. The molecule has 2 amide bonds. The average Bonchev–Trinajstić information content (AvgIpc) is 2.45. The van der Waals surface area contributed by atoms with Crippen molar-refractivity contribution >= 4 is 11.8 Å². The van der Waals surface area contributed by atoms with Crippen LogP contribution in [0.3, 0.4) is 0 Å². The van der Waals surface area contributed by atoms with E-state index in [0.29, 0.717) is 25.2 Å². The highest BCUT2D eigenvalue weighted by molar-refractivity contribution is 5.94. The van der Waals surface area contributed by atoms with E-state index in [1.807, 2.05) is 20.8 Å². The molecule has 0 aliphatic carbocycles. The zero-order valence-corrected chi connectivity index (χ0v) is 12.7. The molecule has 114 valence electrons. The number of halogens is 1. The van der Waals surface area contributed by atoms with E-state index in [9.17, 15) is 14.0 Å². The molecular weight excluding hydrogens is 271 g/mol. The van der Waals surface area contributed by atoms with Crippen LogP contribution in [0.15, 0.2) is 24.3 Å². The van der Waals surface area contributed by atoms with Crippen molar-refractivity contribution in [2.24, 2.45) is 5.92 Å². The Morgan fingerprint density at radius 2 is 2.00 bits per heavy atom. The predicted octanol–water partition coefficient (Wildman–Crippen LogP) is 2.15. The fourth-order valence-corrected chi connectivity index (χ4v) is 2.61. The molecule has 0 N–H and O–H groups in total. The standard InChI is InChI=1S/C16H21FN2O2/c1-11(2)15(20)18-7-8-19(12(3)10-18)16(21)13-5-4-6-14(17)9-13/h4-6,9,11-12H,7-8,10H2,1-3H3. The second-order valence-corrected chi connectivity index (χ2v) is 5.80. The molecule has 1 fully saturated rings. The van der Waals surface area contributed by atoms with E-state index in [0.717, 1.165) is 0 Å². The van der Waals surface area contributed by atoms with Crippen LogP contribution in [0.5, 0.6) is 0 Å². The van der Waals surface area contributed by atoms with E-state index in [-0.39, 0.29) is 23.8 Å². The van der Waals surface area contributed by atoms with E-state index >= 15 is 0 Å². The quantitative estimate of drug-likeness (QED) is 0.838. The van der Waals surface area contributed by atoms with Gasteiger partial charge < -0.3 is 9.80 Å². The first-order valence-corrected chi connectivity index (χ1v) is 7.25. The molecule has 1 aliphatic rings. The normalized spacial score (nSPS) is 19.0. The summed E-state index contributed by atoms with van der Waals surface area (Å²) in [5.41, 5.74) is 0.352. The van der Waals surface area contributed by atoms with E-state index in [1.165, 1.54) is 18.2 Å². The summed E-state index contributed by atoms with van der Waals surface area (Å²) in [6.07, 6.45) is 0. The second-order valence-electron chi connectivity index (χ2n) is 5.80. The van der Waals surface area contributed by atoms with Crippen LogP contribution in [0.25, 0.3) is 0 Å². The van der Waals surface area contributed by atoms with Crippen molar-refractivity contribution < 1.29 is 14.0 Å². The molecule has 1 unspecified atom stereocenters. The zero-order valence-electron chi connectivity index (χ0n) is 12.7. The molecular formula is C16H21FN2O2. The highest BCUT2D eigenvalue weighted by Crippen LogP contribution is 2.16. The van der Waals surface area contributed by atoms with Gasteiger partial charge in [0.15, 0.2) is 0 Å². The molecule has 5 heteroatoms. The monoisotopic (exact) mass is 292 g/mol. The molecule has 1 aromatic carbocycles. The first kappa shape index (κ1) is 15.5. The molecule has 1 aliphatic heterocycles. The number of benzene rings is 1. The van der Waals surface area contributed by atoms with Gasteiger partial charge in [0.25, 0.3) is 5.91 Å². The summed E-state index contributed by atoms with van der Waals surface area (Å²) in [7, 11) is 0. The number of piperazine rings is 1. The van der Waals surface area contributed by atoms with Gasteiger partial charge in [-0.2, -0.15) is 0 Å². The Labute approximate surface area is 124 Å². The molecule has 4 nitrogen and oxygen atoms in total. The highest BCUT2D eigenvalue weighted by Gasteiger charge is 2.30. The summed E-state index contributed by atoms with van der Waals surface area (Å²) >= 11 is 0. The second kappa shape index (κ2) is 6.24. The summed E-state index contributed by atoms with van der Waals surface area (Å²) in [5.74, 6) is -0.525. The number of carbonyl (C=O) groups excluding carboxylic acids is 2. The number of hydrogen-bond acceptors (Lipinski definition) is 2. The average molecular weight is 292 g/mol. The summed E-state index contributed by atoms with van der Waals surface area (Å²) < 4.78 is 13.2. The Bertz CT molecular complexity index is 545. The Morgan fingerprint density at radius 1 is 1.29 bits per heavy atom. The minimum absolute atomic E-state index is 0.0392. The zero-order chi connectivity index (χ0) is 15.6. The van der Waals surface area contributed by atoms with Gasteiger partial charge in [-0.3, -0.25) is 9.59 Å². The van der Waals surface area contributed by atoms with Crippen LogP contribution >= 0.6 is 0 Å². The fourth-order valence-electron chi connectivity index (χ4n) is 2.61. The molecule has 1 atom stereocenters. The number of nitrogens with zero attached hydrogens (tertiary/aromatic N) is 2. The highest BCUT2D eigenvalue weighted by atomic mass is 19.1. The van der Waals surface area contributed by atoms with E-state index in [1.54, 1.807) is 15.9 Å². The molecule has 1 saturated heterocycles. The van der Waals surface area contributed by atoms with Crippen LogP contribution in [0, 0.1) is 11.7 Å². The van der Waals surface area contributed by atoms with E-state index < -0.39 is 5.82 Å². The molecule has 1 aromatic rings. The Hall–Kier alpha value is -1.91. The first-order chi connectivity index (χ1) is 9.90. The van der Waals surface area contributed by atoms with Gasteiger partial charge in [-0.1, -0.05) is 19.9 Å². The lowest BCUT2D eigenvalue weighted by Crippen LogP contribution is -2.56. The van der Waals surface area contributed by atoms with Crippen molar-refractivity contribution in [1.29, 1.82) is 0 Å². The van der Waals surface area contributed by atoms with Crippen molar-refractivity contribution in [2.45, 2.75) is 26.8 Å². The lowest BCUT2D eigenvalue weighted by atomic mass is 10.1. The summed E-state index contributed by atoms with van der Waals surface area (Å²) in [6, 6.07) is 5.65. The Kier molecular flexibility index (Phi) is 4.60. The minimum atomic E-state index is -0.415. The smallest absolute Gasteiger partial charge is 0.254 e. The maximum atomic E-state index is 13.2. The molecule has 1 heterocycles. The van der Waals surface area contributed by atoms with Crippen molar-refractivity contribution in [3.8, 4) is 0 Å². The molecule has 0 radical (unpaired) electrons. The number of rotatable bonds is 2. The molecule has 0 saturated carbocycles. The number of amides is 2. The van der Waals surface area contributed by atoms with Crippen LogP contribution in [-0.2, 0) is 4.79 Å². The van der Waals surface area contributed by atoms with Crippen molar-refractivity contribution in [2.75, 3.05) is 19.6 Å². The van der Waals surface area contributed by atoms with Crippen molar-refractivity contribution in [3.63, 3.8) is 0 Å². The van der Waals surface area contributed by atoms with Crippen molar-refractivity contribution in [1.82, 2.24) is 9.80 Å². The summed E-state index contributed by atoms with van der Waals surface area (Å²) in [6.45, 7) is 7.20.